The van der Waals surface area contributed by atoms with Crippen LogP contribution in [0.3, 0.4) is 0 Å². The summed E-state index contributed by atoms with van der Waals surface area (Å²) in [6.07, 6.45) is 1.80. The smallest absolute Gasteiger partial charge is 0.509 e. The molecule has 3 aromatic heterocycles. The van der Waals surface area contributed by atoms with Crippen molar-refractivity contribution in [3.8, 4) is 23.0 Å². The van der Waals surface area contributed by atoms with Crippen LogP contribution < -0.4 is 4.74 Å². The molecule has 0 bridgehead atoms. The summed E-state index contributed by atoms with van der Waals surface area (Å²) >= 11 is 0. The molecule has 3 heterocycles. The van der Waals surface area contributed by atoms with E-state index < -0.39 is 0 Å². The maximum Gasteiger partial charge on any atom is 2.00 e. The minimum Gasteiger partial charge on any atom is -0.509 e. The van der Waals surface area contributed by atoms with Crippen molar-refractivity contribution in [3.63, 3.8) is 0 Å². The fourth-order valence-corrected chi connectivity index (χ4v) is 4.27. The van der Waals surface area contributed by atoms with Gasteiger partial charge < -0.3 is 9.30 Å². The minimum absolute atomic E-state index is 0. The summed E-state index contributed by atoms with van der Waals surface area (Å²) in [7, 11) is 0. The van der Waals surface area contributed by atoms with Gasteiger partial charge in [0.1, 0.15) is 5.82 Å². The van der Waals surface area contributed by atoms with Crippen LogP contribution >= 0.6 is 0 Å². The Hall–Kier alpha value is -3.69. The van der Waals surface area contributed by atoms with Gasteiger partial charge in [-0.15, -0.1) is 35.7 Å². The molecule has 0 unspecified atom stereocenters. The van der Waals surface area contributed by atoms with E-state index in [9.17, 15) is 0 Å². The van der Waals surface area contributed by atoms with Gasteiger partial charge in [-0.2, -0.15) is 17.2 Å². The van der Waals surface area contributed by atoms with Gasteiger partial charge in [0.25, 0.3) is 0 Å². The normalized spacial score (nSPS) is 11.0. The van der Waals surface area contributed by atoms with Crippen LogP contribution in [0.5, 0.6) is 11.5 Å². The molecular weight excluding hydrogens is 603 g/mol. The van der Waals surface area contributed by atoms with E-state index >= 15 is 0 Å². The molecule has 0 aliphatic carbocycles. The number of fused-ring (bicyclic) bond motifs is 3. The first kappa shape index (κ1) is 22.1. The summed E-state index contributed by atoms with van der Waals surface area (Å²) in [4.78, 5) is 4.58. The number of ether oxygens (including phenoxy) is 1. The molecule has 0 saturated carbocycles. The van der Waals surface area contributed by atoms with Crippen LogP contribution in [-0.2, 0) is 21.1 Å². The Bertz CT molecular complexity index is 1620. The zero-order valence-corrected chi connectivity index (χ0v) is 20.9. The third-order valence-electron chi connectivity index (χ3n) is 5.65. The molecule has 0 aliphatic heterocycles. The van der Waals surface area contributed by atoms with Gasteiger partial charge in [-0.3, -0.25) is 4.68 Å². The number of para-hydroxylation sites is 1. The molecule has 6 aromatic rings. The Morgan fingerprint density at radius 2 is 1.62 bits per heavy atom. The molecule has 6 rings (SSSR count). The number of aromatic nitrogens is 4. The molecule has 6 heteroatoms. The molecule has 34 heavy (non-hydrogen) atoms. The van der Waals surface area contributed by atoms with Crippen LogP contribution in [0, 0.1) is 26.0 Å². The summed E-state index contributed by atoms with van der Waals surface area (Å²) in [5.74, 6) is 2.07. The first-order valence-electron chi connectivity index (χ1n) is 10.8. The third-order valence-corrected chi connectivity index (χ3v) is 5.65. The number of nitrogens with zero attached hydrogens (tertiary/aromatic N) is 4. The van der Waals surface area contributed by atoms with Gasteiger partial charge in [-0.25, -0.2) is 4.98 Å². The Balaban J connectivity index is 0.00000241. The number of benzene rings is 3. The van der Waals surface area contributed by atoms with Crippen LogP contribution in [0.2, 0.25) is 0 Å². The molecule has 0 saturated heterocycles. The summed E-state index contributed by atoms with van der Waals surface area (Å²) in [6, 6.07) is 32.9. The van der Waals surface area contributed by atoms with Crippen molar-refractivity contribution in [2.24, 2.45) is 0 Å². The fourth-order valence-electron chi connectivity index (χ4n) is 4.27. The first-order valence-corrected chi connectivity index (χ1v) is 10.8. The summed E-state index contributed by atoms with van der Waals surface area (Å²) < 4.78 is 10.2. The first-order chi connectivity index (χ1) is 16.2. The van der Waals surface area contributed by atoms with E-state index in [4.69, 9.17) is 4.74 Å². The monoisotopic (exact) mass is 623 g/mol. The summed E-state index contributed by atoms with van der Waals surface area (Å²) in [5.41, 5.74) is 4.85. The summed E-state index contributed by atoms with van der Waals surface area (Å²) in [5, 5.41) is 6.80. The van der Waals surface area contributed by atoms with E-state index in [2.05, 4.69) is 45.0 Å². The number of hydrogen-bond acceptors (Lipinski definition) is 3. The third kappa shape index (κ3) is 3.82. The van der Waals surface area contributed by atoms with Crippen molar-refractivity contribution in [2.75, 3.05) is 0 Å². The second kappa shape index (κ2) is 8.92. The topological polar surface area (TPSA) is 44.9 Å². The van der Waals surface area contributed by atoms with E-state index in [1.165, 1.54) is 0 Å². The van der Waals surface area contributed by atoms with E-state index in [1.807, 2.05) is 79.2 Å². The zero-order chi connectivity index (χ0) is 22.4. The Morgan fingerprint density at radius 3 is 2.41 bits per heavy atom. The van der Waals surface area contributed by atoms with Crippen LogP contribution in [-0.4, -0.2) is 19.3 Å². The quantitative estimate of drug-likeness (QED) is 0.215. The second-order valence-electron chi connectivity index (χ2n) is 7.97. The van der Waals surface area contributed by atoms with E-state index in [0.717, 1.165) is 44.7 Å². The molecule has 3 aromatic carbocycles. The van der Waals surface area contributed by atoms with Gasteiger partial charge in [0.15, 0.2) is 0 Å². The number of aryl methyl sites for hydroxylation is 2. The molecule has 0 spiro atoms. The predicted octanol–water partition coefficient (Wildman–Crippen LogP) is 6.37. The number of rotatable bonds is 4. The van der Waals surface area contributed by atoms with Crippen LogP contribution in [0.15, 0.2) is 85.1 Å². The van der Waals surface area contributed by atoms with Crippen molar-refractivity contribution in [1.29, 1.82) is 0 Å². The predicted molar refractivity (Wildman–Crippen MR) is 129 cm³/mol. The fraction of sp³-hybridized carbons (Fsp3) is 0.0714. The molecule has 0 N–H and O–H groups in total. The number of pyridine rings is 1. The maximum atomic E-state index is 6.20. The van der Waals surface area contributed by atoms with Gasteiger partial charge in [-0.1, -0.05) is 29.8 Å². The van der Waals surface area contributed by atoms with Crippen LogP contribution in [0.1, 0.15) is 11.4 Å². The van der Waals surface area contributed by atoms with E-state index in [0.29, 0.717) is 11.5 Å². The average molecular weight is 624 g/mol. The van der Waals surface area contributed by atoms with Crippen molar-refractivity contribution in [2.45, 2.75) is 13.8 Å². The minimum atomic E-state index is 0. The largest absolute Gasteiger partial charge is 2.00 e. The van der Waals surface area contributed by atoms with Crippen LogP contribution in [0.4, 0.5) is 0 Å². The molecule has 0 aliphatic rings. The standard InChI is InChI=1S/C28H20N4O.Pt/c1-19-16-20(2)32(30-19)21-8-7-9-22(17-21)33-23-13-14-25-24-10-3-4-11-26(24)31(27(25)18-23)28-12-5-6-15-29-28;/h3-16H,1-2H3;/q-2;+2. The molecule has 0 atom stereocenters. The zero-order valence-electron chi connectivity index (χ0n) is 18.6. The van der Waals surface area contributed by atoms with E-state index in [-0.39, 0.29) is 21.1 Å². The molecule has 0 fully saturated rings. The van der Waals surface area contributed by atoms with Gasteiger partial charge in [0.2, 0.25) is 0 Å². The van der Waals surface area contributed by atoms with Crippen LogP contribution in [0.25, 0.3) is 33.3 Å². The maximum absolute atomic E-state index is 6.20. The Morgan fingerprint density at radius 1 is 0.794 bits per heavy atom. The molecule has 0 radical (unpaired) electrons. The Kier molecular flexibility index (Phi) is 5.80. The van der Waals surface area contributed by atoms with E-state index in [1.54, 1.807) is 6.20 Å². The van der Waals surface area contributed by atoms with Crippen molar-refractivity contribution in [1.82, 2.24) is 19.3 Å². The molecule has 5 nitrogen and oxygen atoms in total. The SMILES string of the molecule is Cc1cc(C)n(-c2[c-]c(Oc3[c-]c4c(cc3)c3ccccc3n4-c3ccccn3)ccc2)n1.[Pt+2]. The van der Waals surface area contributed by atoms with Gasteiger partial charge in [0.05, 0.1) is 5.69 Å². The van der Waals surface area contributed by atoms with Crippen molar-refractivity contribution >= 4 is 21.8 Å². The average Bonchev–Trinajstić information content (AvgIpc) is 3.35. The summed E-state index contributed by atoms with van der Waals surface area (Å²) in [6.45, 7) is 4.01. The molecule has 0 amide bonds. The van der Waals surface area contributed by atoms with Gasteiger partial charge in [0, 0.05) is 28.9 Å². The number of hydrogen-bond donors (Lipinski definition) is 0. The molecule has 168 valence electrons. The second-order valence-corrected chi connectivity index (χ2v) is 7.97. The Labute approximate surface area is 211 Å². The van der Waals surface area contributed by atoms with Gasteiger partial charge >= 0.3 is 21.1 Å². The van der Waals surface area contributed by atoms with Crippen molar-refractivity contribution in [3.05, 3.63) is 109 Å². The van der Waals surface area contributed by atoms with Crippen molar-refractivity contribution < 1.29 is 25.8 Å². The molecular formula is C28H20N4OPt. The van der Waals surface area contributed by atoms with Gasteiger partial charge in [-0.05, 0) is 49.2 Å².